The van der Waals surface area contributed by atoms with Crippen molar-refractivity contribution in [3.05, 3.63) is 30.1 Å². The fraction of sp³-hybridized carbons (Fsp3) is 0.250. The first kappa shape index (κ1) is 7.61. The van der Waals surface area contributed by atoms with Gasteiger partial charge in [-0.05, 0) is 24.0 Å². The average Bonchev–Trinajstić information content (AvgIpc) is 1.88. The second kappa shape index (κ2) is 3.62. The van der Waals surface area contributed by atoms with E-state index >= 15 is 0 Å². The van der Waals surface area contributed by atoms with E-state index in [2.05, 4.69) is 6.92 Å². The van der Waals surface area contributed by atoms with Crippen molar-refractivity contribution in [3.8, 4) is 0 Å². The van der Waals surface area contributed by atoms with E-state index in [-0.39, 0.29) is 5.82 Å². The molecule has 0 nitrogen and oxygen atoms in total. The van der Waals surface area contributed by atoms with Crippen molar-refractivity contribution in [2.24, 2.45) is 0 Å². The van der Waals surface area contributed by atoms with Crippen LogP contribution < -0.4 is 0 Å². The van der Waals surface area contributed by atoms with Crippen LogP contribution in [0.2, 0.25) is 0 Å². The van der Waals surface area contributed by atoms with Crippen LogP contribution >= 0.6 is 11.8 Å². The fourth-order valence-electron chi connectivity index (χ4n) is 0.723. The molecule has 1 aromatic carbocycles. The van der Waals surface area contributed by atoms with E-state index in [0.717, 1.165) is 10.6 Å². The topological polar surface area (TPSA) is 0 Å². The zero-order valence-electron chi connectivity index (χ0n) is 5.80. The van der Waals surface area contributed by atoms with Crippen molar-refractivity contribution in [1.29, 1.82) is 0 Å². The van der Waals surface area contributed by atoms with Crippen molar-refractivity contribution in [2.75, 3.05) is 5.75 Å². The highest BCUT2D eigenvalue weighted by molar-refractivity contribution is 7.99. The van der Waals surface area contributed by atoms with Crippen LogP contribution in [0.25, 0.3) is 0 Å². The minimum absolute atomic E-state index is 0.154. The van der Waals surface area contributed by atoms with Crippen LogP contribution in [-0.2, 0) is 0 Å². The van der Waals surface area contributed by atoms with Crippen molar-refractivity contribution in [3.63, 3.8) is 0 Å². The zero-order valence-corrected chi connectivity index (χ0v) is 6.62. The summed E-state index contributed by atoms with van der Waals surface area (Å²) in [4.78, 5) is 1.00. The molecule has 2 heteroatoms. The molecule has 0 fully saturated rings. The van der Waals surface area contributed by atoms with Crippen molar-refractivity contribution in [1.82, 2.24) is 0 Å². The predicted molar refractivity (Wildman–Crippen MR) is 42.8 cm³/mol. The highest BCUT2D eigenvalue weighted by Crippen LogP contribution is 2.17. The molecule has 0 saturated heterocycles. The summed E-state index contributed by atoms with van der Waals surface area (Å²) in [5, 5.41) is 0. The second-order valence-electron chi connectivity index (χ2n) is 1.89. The average molecular weight is 156 g/mol. The quantitative estimate of drug-likeness (QED) is 0.593. The summed E-state index contributed by atoms with van der Waals surface area (Å²) in [6.45, 7) is 2.05. The van der Waals surface area contributed by atoms with Crippen molar-refractivity contribution in [2.45, 2.75) is 11.8 Å². The SMILES string of the molecule is CCSc1cccc(F)c1. The van der Waals surface area contributed by atoms with Crippen LogP contribution in [0.5, 0.6) is 0 Å². The molecule has 0 spiro atoms. The summed E-state index contributed by atoms with van der Waals surface area (Å²) in [5.41, 5.74) is 0. The van der Waals surface area contributed by atoms with Gasteiger partial charge in [0.1, 0.15) is 5.82 Å². The molecule has 0 unspecified atom stereocenters. The lowest BCUT2D eigenvalue weighted by Gasteiger charge is -1.95. The van der Waals surface area contributed by atoms with Gasteiger partial charge in [0.15, 0.2) is 0 Å². The van der Waals surface area contributed by atoms with E-state index < -0.39 is 0 Å². The third-order valence-corrected chi connectivity index (χ3v) is 1.98. The minimum Gasteiger partial charge on any atom is -0.207 e. The molecule has 0 amide bonds. The lowest BCUT2D eigenvalue weighted by Crippen LogP contribution is -1.74. The molecule has 0 aromatic heterocycles. The van der Waals surface area contributed by atoms with Crippen LogP contribution in [0.3, 0.4) is 0 Å². The molecular formula is C8H9FS. The molecule has 0 aliphatic rings. The summed E-state index contributed by atoms with van der Waals surface area (Å²) in [5.74, 6) is 0.835. The van der Waals surface area contributed by atoms with E-state index in [1.54, 1.807) is 23.9 Å². The summed E-state index contributed by atoms with van der Waals surface area (Å²) >= 11 is 1.65. The Balaban J connectivity index is 2.75. The van der Waals surface area contributed by atoms with Gasteiger partial charge in [-0.15, -0.1) is 11.8 Å². The summed E-state index contributed by atoms with van der Waals surface area (Å²) in [7, 11) is 0. The molecule has 0 heterocycles. The van der Waals surface area contributed by atoms with Gasteiger partial charge >= 0.3 is 0 Å². The van der Waals surface area contributed by atoms with Gasteiger partial charge in [0.25, 0.3) is 0 Å². The Labute approximate surface area is 64.4 Å². The van der Waals surface area contributed by atoms with Gasteiger partial charge in [-0.2, -0.15) is 0 Å². The number of halogens is 1. The number of rotatable bonds is 2. The van der Waals surface area contributed by atoms with E-state index in [4.69, 9.17) is 0 Å². The molecule has 0 atom stereocenters. The van der Waals surface area contributed by atoms with Crippen LogP contribution in [0.4, 0.5) is 4.39 Å². The van der Waals surface area contributed by atoms with Crippen LogP contribution in [0, 0.1) is 5.82 Å². The van der Waals surface area contributed by atoms with Crippen molar-refractivity contribution < 1.29 is 4.39 Å². The fourth-order valence-corrected chi connectivity index (χ4v) is 1.43. The van der Waals surface area contributed by atoms with Crippen LogP contribution in [0.1, 0.15) is 6.92 Å². The molecule has 10 heavy (non-hydrogen) atoms. The lowest BCUT2D eigenvalue weighted by atomic mass is 10.4. The molecule has 0 saturated carbocycles. The molecule has 0 N–H and O–H groups in total. The molecule has 0 aliphatic carbocycles. The summed E-state index contributed by atoms with van der Waals surface area (Å²) in [6.07, 6.45) is 0. The Hall–Kier alpha value is -0.500. The molecular weight excluding hydrogens is 147 g/mol. The minimum atomic E-state index is -0.154. The van der Waals surface area contributed by atoms with E-state index in [0.29, 0.717) is 0 Å². The number of thioether (sulfide) groups is 1. The van der Waals surface area contributed by atoms with Crippen molar-refractivity contribution >= 4 is 11.8 Å². The first-order valence-electron chi connectivity index (χ1n) is 3.21. The van der Waals surface area contributed by atoms with Crippen LogP contribution in [0.15, 0.2) is 29.2 Å². The molecule has 0 aliphatic heterocycles. The maximum absolute atomic E-state index is 12.5. The molecule has 54 valence electrons. The normalized spacial score (nSPS) is 9.80. The highest BCUT2D eigenvalue weighted by Gasteiger charge is 1.91. The predicted octanol–water partition coefficient (Wildman–Crippen LogP) is 2.94. The molecule has 1 aromatic rings. The smallest absolute Gasteiger partial charge is 0.124 e. The largest absolute Gasteiger partial charge is 0.207 e. The van der Waals surface area contributed by atoms with Gasteiger partial charge in [-0.3, -0.25) is 0 Å². The van der Waals surface area contributed by atoms with E-state index in [1.165, 1.54) is 6.07 Å². The Kier molecular flexibility index (Phi) is 2.75. The molecule has 0 radical (unpaired) electrons. The number of hydrogen-bond acceptors (Lipinski definition) is 1. The Morgan fingerprint density at radius 2 is 2.30 bits per heavy atom. The number of benzene rings is 1. The number of hydrogen-bond donors (Lipinski definition) is 0. The van der Waals surface area contributed by atoms with Gasteiger partial charge in [-0.1, -0.05) is 13.0 Å². The van der Waals surface area contributed by atoms with Gasteiger partial charge < -0.3 is 0 Å². The first-order valence-corrected chi connectivity index (χ1v) is 4.20. The van der Waals surface area contributed by atoms with Gasteiger partial charge in [-0.25, -0.2) is 4.39 Å². The maximum Gasteiger partial charge on any atom is 0.124 e. The van der Waals surface area contributed by atoms with Gasteiger partial charge in [0.05, 0.1) is 0 Å². The Morgan fingerprint density at radius 3 is 2.90 bits per heavy atom. The zero-order chi connectivity index (χ0) is 7.40. The first-order chi connectivity index (χ1) is 4.83. The molecule has 1 rings (SSSR count). The second-order valence-corrected chi connectivity index (χ2v) is 3.23. The van der Waals surface area contributed by atoms with Crippen LogP contribution in [-0.4, -0.2) is 5.75 Å². The van der Waals surface area contributed by atoms with Gasteiger partial charge in [0, 0.05) is 4.90 Å². The van der Waals surface area contributed by atoms with E-state index in [9.17, 15) is 4.39 Å². The summed E-state index contributed by atoms with van der Waals surface area (Å²) < 4.78 is 12.5. The Bertz CT molecular complexity index is 210. The highest BCUT2D eigenvalue weighted by atomic mass is 32.2. The third kappa shape index (κ3) is 2.03. The van der Waals surface area contributed by atoms with E-state index in [1.807, 2.05) is 6.07 Å². The Morgan fingerprint density at radius 1 is 1.50 bits per heavy atom. The third-order valence-electron chi connectivity index (χ3n) is 1.11. The van der Waals surface area contributed by atoms with Gasteiger partial charge in [0.2, 0.25) is 0 Å². The molecule has 0 bridgehead atoms. The lowest BCUT2D eigenvalue weighted by molar-refractivity contribution is 0.624. The summed E-state index contributed by atoms with van der Waals surface area (Å²) in [6, 6.07) is 6.65. The standard InChI is InChI=1S/C8H9FS/c1-2-10-8-5-3-4-7(9)6-8/h3-6H,2H2,1H3. The monoisotopic (exact) mass is 156 g/mol. The maximum atomic E-state index is 12.5.